The van der Waals surface area contributed by atoms with Crippen LogP contribution in [-0.4, -0.2) is 16.1 Å². The number of carboxylic acid groups (broad SMARTS) is 1. The highest BCUT2D eigenvalue weighted by Crippen LogP contribution is 2.25. The fraction of sp³-hybridized carbons (Fsp3) is 0.143. The molecule has 0 amide bonds. The number of carboxylic acids is 1. The molecule has 3 nitrogen and oxygen atoms in total. The van der Waals surface area contributed by atoms with Crippen molar-refractivity contribution in [1.82, 2.24) is 4.98 Å². The summed E-state index contributed by atoms with van der Waals surface area (Å²) in [6.07, 6.45) is 0. The van der Waals surface area contributed by atoms with E-state index in [4.69, 9.17) is 5.11 Å². The molecule has 0 bridgehead atoms. The van der Waals surface area contributed by atoms with Crippen LogP contribution in [-0.2, 0) is 0 Å². The van der Waals surface area contributed by atoms with Crippen molar-refractivity contribution in [3.8, 4) is 0 Å². The summed E-state index contributed by atoms with van der Waals surface area (Å²) in [5, 5.41) is 8.74. The van der Waals surface area contributed by atoms with Crippen LogP contribution in [0.1, 0.15) is 16.1 Å². The topological polar surface area (TPSA) is 50.2 Å². The molecule has 1 aromatic rings. The lowest BCUT2D eigenvalue weighted by Crippen LogP contribution is -2.00. The van der Waals surface area contributed by atoms with Crippen molar-refractivity contribution in [3.63, 3.8) is 0 Å². The number of hydrogen-bond acceptors (Lipinski definition) is 2. The van der Waals surface area contributed by atoms with E-state index in [0.717, 1.165) is 0 Å². The Bertz CT molecular complexity index is 338. The molecule has 0 saturated carbocycles. The molecule has 0 atom stereocenters. The molecule has 12 heavy (non-hydrogen) atoms. The molecule has 0 aliphatic carbocycles. The summed E-state index contributed by atoms with van der Waals surface area (Å²) in [7, 11) is 0. The molecule has 0 spiro atoms. The minimum absolute atomic E-state index is 0.217. The van der Waals surface area contributed by atoms with Crippen LogP contribution in [0.25, 0.3) is 0 Å². The lowest BCUT2D eigenvalue weighted by molar-refractivity contribution is 0.0695. The second kappa shape index (κ2) is 3.53. The first-order valence-electron chi connectivity index (χ1n) is 3.08. The number of pyridine rings is 1. The predicted octanol–water partition coefficient (Wildman–Crippen LogP) is 2.61. The van der Waals surface area contributed by atoms with Gasteiger partial charge in [0.15, 0.2) is 0 Å². The van der Waals surface area contributed by atoms with E-state index in [2.05, 4.69) is 36.8 Å². The maximum atomic E-state index is 10.6. The first-order chi connectivity index (χ1) is 5.52. The minimum Gasteiger partial charge on any atom is -0.478 e. The average molecular weight is 295 g/mol. The van der Waals surface area contributed by atoms with E-state index in [0.29, 0.717) is 14.8 Å². The molecule has 0 radical (unpaired) electrons. The van der Waals surface area contributed by atoms with Gasteiger partial charge in [0.1, 0.15) is 4.60 Å². The molecule has 0 unspecified atom stereocenters. The first kappa shape index (κ1) is 9.67. The molecular weight excluding hydrogens is 290 g/mol. The molecule has 1 aromatic heterocycles. The quantitative estimate of drug-likeness (QED) is 0.810. The third-order valence-electron chi connectivity index (χ3n) is 1.28. The summed E-state index contributed by atoms with van der Waals surface area (Å²) in [6, 6.07) is 1.51. The van der Waals surface area contributed by atoms with E-state index < -0.39 is 5.97 Å². The van der Waals surface area contributed by atoms with Crippen LogP contribution in [0.4, 0.5) is 0 Å². The normalized spacial score (nSPS) is 9.92. The molecule has 1 heterocycles. The van der Waals surface area contributed by atoms with Gasteiger partial charge >= 0.3 is 5.97 Å². The fourth-order valence-corrected chi connectivity index (χ4v) is 1.64. The van der Waals surface area contributed by atoms with E-state index in [1.54, 1.807) is 6.92 Å². The predicted molar refractivity (Wildman–Crippen MR) is 51.3 cm³/mol. The molecule has 5 heteroatoms. The Morgan fingerprint density at radius 2 is 2.17 bits per heavy atom. The highest BCUT2D eigenvalue weighted by Gasteiger charge is 2.12. The van der Waals surface area contributed by atoms with Crippen LogP contribution in [0.15, 0.2) is 15.1 Å². The zero-order valence-corrected chi connectivity index (χ0v) is 9.31. The van der Waals surface area contributed by atoms with E-state index in [1.807, 2.05) is 0 Å². The monoisotopic (exact) mass is 293 g/mol. The number of rotatable bonds is 1. The third kappa shape index (κ3) is 1.84. The summed E-state index contributed by atoms with van der Waals surface area (Å²) in [6.45, 7) is 1.74. The summed E-state index contributed by atoms with van der Waals surface area (Å²) in [5.41, 5.74) is 0.886. The molecule has 0 saturated heterocycles. The lowest BCUT2D eigenvalue weighted by Gasteiger charge is -2.01. The van der Waals surface area contributed by atoms with Crippen LogP contribution >= 0.6 is 31.9 Å². The maximum Gasteiger partial charge on any atom is 0.337 e. The van der Waals surface area contributed by atoms with Gasteiger partial charge in [-0.05, 0) is 44.8 Å². The summed E-state index contributed by atoms with van der Waals surface area (Å²) < 4.78 is 0.987. The lowest BCUT2D eigenvalue weighted by atomic mass is 10.2. The third-order valence-corrected chi connectivity index (χ3v) is 3.18. The standard InChI is InChI=1S/C7H5Br2NO2/c1-3-2-4(7(11)12)5(8)6(9)10-3/h2H,1H3,(H,11,12). The van der Waals surface area contributed by atoms with E-state index in [-0.39, 0.29) is 5.56 Å². The Morgan fingerprint density at radius 3 is 2.67 bits per heavy atom. The van der Waals surface area contributed by atoms with Gasteiger partial charge in [-0.3, -0.25) is 0 Å². The van der Waals surface area contributed by atoms with Crippen molar-refractivity contribution in [3.05, 3.63) is 26.4 Å². The number of aryl methyl sites for hydroxylation is 1. The van der Waals surface area contributed by atoms with Crippen molar-refractivity contribution in [2.24, 2.45) is 0 Å². The number of aromatic nitrogens is 1. The number of hydrogen-bond donors (Lipinski definition) is 1. The van der Waals surface area contributed by atoms with Gasteiger partial charge in [-0.15, -0.1) is 0 Å². The molecule has 64 valence electrons. The Balaban J connectivity index is 3.37. The number of nitrogens with zero attached hydrogens (tertiary/aromatic N) is 1. The number of carbonyl (C=O) groups is 1. The van der Waals surface area contributed by atoms with Gasteiger partial charge in [0.2, 0.25) is 0 Å². The van der Waals surface area contributed by atoms with Crippen molar-refractivity contribution in [2.75, 3.05) is 0 Å². The average Bonchev–Trinajstić information content (AvgIpc) is 1.96. The van der Waals surface area contributed by atoms with Crippen LogP contribution in [0.2, 0.25) is 0 Å². The minimum atomic E-state index is -0.965. The van der Waals surface area contributed by atoms with E-state index >= 15 is 0 Å². The highest BCUT2D eigenvalue weighted by molar-refractivity contribution is 9.13. The van der Waals surface area contributed by atoms with Gasteiger partial charge in [0.25, 0.3) is 0 Å². The van der Waals surface area contributed by atoms with Gasteiger partial charge in [0.05, 0.1) is 10.0 Å². The van der Waals surface area contributed by atoms with Crippen LogP contribution in [0.3, 0.4) is 0 Å². The molecule has 0 aliphatic heterocycles. The van der Waals surface area contributed by atoms with Gasteiger partial charge in [-0.2, -0.15) is 0 Å². The zero-order chi connectivity index (χ0) is 9.30. The smallest absolute Gasteiger partial charge is 0.337 e. The van der Waals surface area contributed by atoms with Crippen LogP contribution in [0.5, 0.6) is 0 Å². The summed E-state index contributed by atoms with van der Waals surface area (Å²) in [4.78, 5) is 14.7. The van der Waals surface area contributed by atoms with Crippen LogP contribution < -0.4 is 0 Å². The van der Waals surface area contributed by atoms with Crippen LogP contribution in [0, 0.1) is 6.92 Å². The second-order valence-electron chi connectivity index (χ2n) is 2.22. The first-order valence-corrected chi connectivity index (χ1v) is 4.67. The van der Waals surface area contributed by atoms with Gasteiger partial charge < -0.3 is 5.11 Å². The van der Waals surface area contributed by atoms with Gasteiger partial charge in [0, 0.05) is 5.69 Å². The number of aromatic carboxylic acids is 1. The summed E-state index contributed by atoms with van der Waals surface area (Å²) in [5.74, 6) is -0.965. The summed E-state index contributed by atoms with van der Waals surface area (Å²) >= 11 is 6.27. The van der Waals surface area contributed by atoms with Crippen molar-refractivity contribution in [1.29, 1.82) is 0 Å². The SMILES string of the molecule is Cc1cc(C(=O)O)c(Br)c(Br)n1. The largest absolute Gasteiger partial charge is 0.478 e. The van der Waals surface area contributed by atoms with Gasteiger partial charge in [-0.25, -0.2) is 9.78 Å². The zero-order valence-electron chi connectivity index (χ0n) is 6.14. The van der Waals surface area contributed by atoms with Crippen molar-refractivity contribution in [2.45, 2.75) is 6.92 Å². The molecule has 0 aliphatic rings. The number of halogens is 2. The Kier molecular flexibility index (Phi) is 2.85. The Morgan fingerprint density at radius 1 is 1.58 bits per heavy atom. The van der Waals surface area contributed by atoms with E-state index in [9.17, 15) is 4.79 Å². The Labute approximate surface area is 86.1 Å². The Hall–Kier alpha value is -0.420. The van der Waals surface area contributed by atoms with Crippen molar-refractivity contribution >= 4 is 37.8 Å². The molecule has 1 rings (SSSR count). The second-order valence-corrected chi connectivity index (χ2v) is 3.77. The fourth-order valence-electron chi connectivity index (χ4n) is 0.775. The molecular formula is C7H5Br2NO2. The van der Waals surface area contributed by atoms with Gasteiger partial charge in [-0.1, -0.05) is 0 Å². The highest BCUT2D eigenvalue weighted by atomic mass is 79.9. The molecule has 0 fully saturated rings. The maximum absolute atomic E-state index is 10.6. The van der Waals surface area contributed by atoms with Crippen molar-refractivity contribution < 1.29 is 9.90 Å². The molecule has 1 N–H and O–H groups in total. The van der Waals surface area contributed by atoms with E-state index in [1.165, 1.54) is 6.07 Å². The molecule has 0 aromatic carbocycles.